The smallest absolute Gasteiger partial charge is 0.209 e. The third-order valence-electron chi connectivity index (χ3n) is 5.18. The predicted octanol–water partition coefficient (Wildman–Crippen LogP) is 2.68. The van der Waals surface area contributed by atoms with Crippen molar-refractivity contribution in [2.45, 2.75) is 30.5 Å². The van der Waals surface area contributed by atoms with Crippen molar-refractivity contribution in [2.75, 3.05) is 25.9 Å². The van der Waals surface area contributed by atoms with Crippen LogP contribution in [-0.2, 0) is 13.6 Å². The van der Waals surface area contributed by atoms with Gasteiger partial charge in [-0.3, -0.25) is 0 Å². The highest BCUT2D eigenvalue weighted by molar-refractivity contribution is 7.99. The molecule has 0 spiro atoms. The van der Waals surface area contributed by atoms with E-state index in [4.69, 9.17) is 4.98 Å². The first-order valence-corrected chi connectivity index (χ1v) is 10.3. The fourth-order valence-electron chi connectivity index (χ4n) is 3.68. The number of tetrazole rings is 1. The number of aromatic nitrogens is 6. The van der Waals surface area contributed by atoms with E-state index < -0.39 is 0 Å². The zero-order chi connectivity index (χ0) is 18.6. The number of nitrogens with zero attached hydrogens (tertiary/aromatic N) is 7. The van der Waals surface area contributed by atoms with Gasteiger partial charge in [0.25, 0.3) is 0 Å². The van der Waals surface area contributed by atoms with Crippen LogP contribution in [0.15, 0.2) is 41.8 Å². The van der Waals surface area contributed by atoms with Crippen LogP contribution in [0, 0.1) is 0 Å². The molecule has 1 saturated heterocycles. The minimum absolute atomic E-state index is 0.556. The summed E-state index contributed by atoms with van der Waals surface area (Å²) >= 11 is 1.68. The largest absolute Gasteiger partial charge is 0.333 e. The van der Waals surface area contributed by atoms with Crippen LogP contribution in [0.4, 0.5) is 0 Å². The Balaban J connectivity index is 1.57. The molecule has 1 aliphatic heterocycles. The molecule has 0 amide bonds. The molecule has 0 atom stereocenters. The minimum atomic E-state index is 0.556. The maximum atomic E-state index is 4.81. The first-order chi connectivity index (χ1) is 13.2. The van der Waals surface area contributed by atoms with Gasteiger partial charge in [0.05, 0.1) is 12.0 Å². The van der Waals surface area contributed by atoms with E-state index in [0.29, 0.717) is 5.92 Å². The van der Waals surface area contributed by atoms with Gasteiger partial charge in [0.2, 0.25) is 5.16 Å². The van der Waals surface area contributed by atoms with Crippen LogP contribution in [0.25, 0.3) is 11.3 Å². The summed E-state index contributed by atoms with van der Waals surface area (Å²) in [5, 5.41) is 12.5. The molecule has 1 fully saturated rings. The molecule has 27 heavy (non-hydrogen) atoms. The van der Waals surface area contributed by atoms with Gasteiger partial charge in [0.15, 0.2) is 0 Å². The molecule has 0 bridgehead atoms. The second kappa shape index (κ2) is 8.22. The van der Waals surface area contributed by atoms with Gasteiger partial charge in [0.1, 0.15) is 0 Å². The third-order valence-corrected chi connectivity index (χ3v) is 6.17. The third kappa shape index (κ3) is 4.06. The molecule has 0 unspecified atom stereocenters. The van der Waals surface area contributed by atoms with Gasteiger partial charge in [0, 0.05) is 36.5 Å². The first-order valence-electron chi connectivity index (χ1n) is 9.36. The quantitative estimate of drug-likeness (QED) is 0.610. The van der Waals surface area contributed by atoms with Crippen molar-refractivity contribution in [3.05, 3.63) is 42.4 Å². The van der Waals surface area contributed by atoms with E-state index in [1.165, 1.54) is 24.1 Å². The second-order valence-electron chi connectivity index (χ2n) is 7.05. The van der Waals surface area contributed by atoms with Gasteiger partial charge in [-0.1, -0.05) is 42.1 Å². The summed E-state index contributed by atoms with van der Waals surface area (Å²) in [4.78, 5) is 7.22. The molecule has 0 saturated carbocycles. The van der Waals surface area contributed by atoms with Crippen molar-refractivity contribution >= 4 is 11.8 Å². The Kier molecular flexibility index (Phi) is 5.54. The molecule has 0 aliphatic carbocycles. The molecule has 0 N–H and O–H groups in total. The molecule has 3 aromatic rings. The van der Waals surface area contributed by atoms with Crippen LogP contribution in [0.5, 0.6) is 0 Å². The van der Waals surface area contributed by atoms with Gasteiger partial charge in [-0.25, -0.2) is 9.67 Å². The highest BCUT2D eigenvalue weighted by Gasteiger charge is 2.25. The number of rotatable bonds is 6. The SMILES string of the molecule is CN1CCC(c2c(-c3ccccc3)ncn2CCSc2nnnn2C)CC1. The Labute approximate surface area is 163 Å². The molecule has 8 heteroatoms. The van der Waals surface area contributed by atoms with Gasteiger partial charge < -0.3 is 9.47 Å². The van der Waals surface area contributed by atoms with Gasteiger partial charge in [-0.05, 0) is 43.4 Å². The molecular weight excluding hydrogens is 358 g/mol. The molecular formula is C19H25N7S. The maximum absolute atomic E-state index is 4.81. The van der Waals surface area contributed by atoms with Crippen LogP contribution < -0.4 is 0 Å². The van der Waals surface area contributed by atoms with Crippen molar-refractivity contribution in [1.29, 1.82) is 0 Å². The molecule has 142 valence electrons. The van der Waals surface area contributed by atoms with Crippen molar-refractivity contribution in [2.24, 2.45) is 7.05 Å². The summed E-state index contributed by atoms with van der Waals surface area (Å²) in [6.07, 6.45) is 4.37. The number of hydrogen-bond acceptors (Lipinski definition) is 6. The molecule has 2 aromatic heterocycles. The normalized spacial score (nSPS) is 16.1. The number of thioether (sulfide) groups is 1. The highest BCUT2D eigenvalue weighted by atomic mass is 32.2. The number of imidazole rings is 1. The topological polar surface area (TPSA) is 64.7 Å². The lowest BCUT2D eigenvalue weighted by Crippen LogP contribution is -2.30. The Morgan fingerprint density at radius 2 is 1.89 bits per heavy atom. The number of piperidine rings is 1. The minimum Gasteiger partial charge on any atom is -0.333 e. The monoisotopic (exact) mass is 383 g/mol. The fraction of sp³-hybridized carbons (Fsp3) is 0.474. The molecule has 7 nitrogen and oxygen atoms in total. The average molecular weight is 384 g/mol. The van der Waals surface area contributed by atoms with E-state index >= 15 is 0 Å². The van der Waals surface area contributed by atoms with E-state index in [1.807, 2.05) is 13.4 Å². The van der Waals surface area contributed by atoms with Crippen molar-refractivity contribution < 1.29 is 0 Å². The zero-order valence-electron chi connectivity index (χ0n) is 15.8. The van der Waals surface area contributed by atoms with Crippen molar-refractivity contribution in [3.8, 4) is 11.3 Å². The van der Waals surface area contributed by atoms with Crippen LogP contribution in [0.3, 0.4) is 0 Å². The van der Waals surface area contributed by atoms with Crippen LogP contribution in [0.2, 0.25) is 0 Å². The molecule has 0 radical (unpaired) electrons. The molecule has 1 aromatic carbocycles. The lowest BCUT2D eigenvalue weighted by atomic mass is 9.90. The Bertz CT molecular complexity index is 865. The zero-order valence-corrected chi connectivity index (χ0v) is 16.6. The maximum Gasteiger partial charge on any atom is 0.209 e. The molecule has 3 heterocycles. The predicted molar refractivity (Wildman–Crippen MR) is 107 cm³/mol. The summed E-state index contributed by atoms with van der Waals surface area (Å²) < 4.78 is 4.06. The number of likely N-dealkylation sites (tertiary alicyclic amines) is 1. The van der Waals surface area contributed by atoms with Gasteiger partial charge in [-0.15, -0.1) is 5.10 Å². The van der Waals surface area contributed by atoms with E-state index in [9.17, 15) is 0 Å². The van der Waals surface area contributed by atoms with Crippen molar-refractivity contribution in [3.63, 3.8) is 0 Å². The number of aryl methyl sites for hydroxylation is 2. The molecule has 1 aliphatic rings. The van der Waals surface area contributed by atoms with E-state index in [0.717, 1.165) is 36.2 Å². The number of benzene rings is 1. The molecule has 4 rings (SSSR count). The summed E-state index contributed by atoms with van der Waals surface area (Å²) in [6, 6.07) is 10.5. The standard InChI is InChI=1S/C19H25N7S/c1-24-10-8-16(9-11-24)18-17(15-6-4-3-5-7-15)20-14-26(18)12-13-27-19-21-22-23-25(19)2/h3-7,14,16H,8-13H2,1-2H3. The van der Waals surface area contributed by atoms with Crippen LogP contribution in [0.1, 0.15) is 24.5 Å². The number of hydrogen-bond donors (Lipinski definition) is 0. The summed E-state index contributed by atoms with van der Waals surface area (Å²) in [5.41, 5.74) is 3.72. The summed E-state index contributed by atoms with van der Waals surface area (Å²) in [5.74, 6) is 1.47. The Morgan fingerprint density at radius 1 is 1.11 bits per heavy atom. The summed E-state index contributed by atoms with van der Waals surface area (Å²) in [7, 11) is 4.08. The van der Waals surface area contributed by atoms with E-state index in [-0.39, 0.29) is 0 Å². The van der Waals surface area contributed by atoms with E-state index in [1.54, 1.807) is 16.4 Å². The van der Waals surface area contributed by atoms with E-state index in [2.05, 4.69) is 62.4 Å². The lowest BCUT2D eigenvalue weighted by Gasteiger charge is -2.30. The Morgan fingerprint density at radius 3 is 2.59 bits per heavy atom. The average Bonchev–Trinajstić information content (AvgIpc) is 3.30. The van der Waals surface area contributed by atoms with Crippen molar-refractivity contribution in [1.82, 2.24) is 34.7 Å². The second-order valence-corrected chi connectivity index (χ2v) is 8.11. The first kappa shape index (κ1) is 18.2. The summed E-state index contributed by atoms with van der Waals surface area (Å²) in [6.45, 7) is 3.19. The fourth-order valence-corrected chi connectivity index (χ4v) is 4.47. The lowest BCUT2D eigenvalue weighted by molar-refractivity contribution is 0.251. The van der Waals surface area contributed by atoms with Crippen LogP contribution in [-0.4, -0.2) is 60.5 Å². The van der Waals surface area contributed by atoms with Gasteiger partial charge in [-0.2, -0.15) is 0 Å². The highest BCUT2D eigenvalue weighted by Crippen LogP contribution is 2.34. The van der Waals surface area contributed by atoms with Crippen LogP contribution >= 0.6 is 11.8 Å². The van der Waals surface area contributed by atoms with Gasteiger partial charge >= 0.3 is 0 Å². The Hall–Kier alpha value is -2.19.